The van der Waals surface area contributed by atoms with Crippen LogP contribution in [0.2, 0.25) is 6.82 Å². The minimum atomic E-state index is -2.86. The predicted molar refractivity (Wildman–Crippen MR) is 601 cm³/mol. The molecule has 0 aliphatic heterocycles. The van der Waals surface area contributed by atoms with Crippen LogP contribution in [0.1, 0.15) is 31.7 Å². The van der Waals surface area contributed by atoms with Gasteiger partial charge in [-0.1, -0.05) is 292 Å². The Morgan fingerprint density at radius 1 is 0.370 bits per heavy atom. The maximum atomic E-state index is 13.2. The van der Waals surface area contributed by atoms with E-state index < -0.39 is 15.1 Å². The SMILES string of the molecule is CC(O)CC(C)O.C[B]P.Cc1cc(-c2ccccc2)c2ccc3c(-c4ccccc4)cc(C)nc3c2n1.Fc1c[c-]c(-c2nc3ccccc3nc2-c2ccc(F)cc2)cc1.[B]N=P.[Ir].c1ccc(N(c2ccc(-c3ccc(N(c4ccccc4)c4cccc5ccccc45)cc3)cc2)c2cccc3ccccc23)cc1.c1cnc2c([O][Al]([O]c3cccc4cccnc34)[O]c3cccc4cccnc34)cccc2c1. The molecule has 15 nitrogen and oxygen atoms in total. The summed E-state index contributed by atoms with van der Waals surface area (Å²) in [5, 5.41) is 27.2. The maximum Gasteiger partial charge on any atom is 1.20 e. The summed E-state index contributed by atoms with van der Waals surface area (Å²) in [5.74, 6) is 1.14. The zero-order chi connectivity index (χ0) is 100. The Hall–Kier alpha value is -15.7. The van der Waals surface area contributed by atoms with Gasteiger partial charge in [0, 0.05) is 122 Å². The number of nitrogens with zero attached hydrogens (tertiary/aromatic N) is 10. The van der Waals surface area contributed by atoms with Gasteiger partial charge in [0.1, 0.15) is 46.6 Å². The van der Waals surface area contributed by atoms with Gasteiger partial charge in [-0.25, -0.2) is 4.39 Å². The van der Waals surface area contributed by atoms with Crippen molar-refractivity contribution in [2.24, 2.45) is 4.66 Å². The van der Waals surface area contributed by atoms with E-state index in [9.17, 15) is 8.78 Å². The van der Waals surface area contributed by atoms with Gasteiger partial charge in [-0.3, -0.25) is 39.3 Å². The van der Waals surface area contributed by atoms with Gasteiger partial charge in [-0.2, -0.15) is 9.12 Å². The number of aliphatic hydroxyl groups excluding tert-OH is 2. The summed E-state index contributed by atoms with van der Waals surface area (Å²) < 4.78 is 48.5. The van der Waals surface area contributed by atoms with Gasteiger partial charge in [-0.15, -0.1) is 29.8 Å². The van der Waals surface area contributed by atoms with Gasteiger partial charge in [-0.05, 0) is 226 Å². The molecule has 0 fully saturated rings. The monoisotopic (exact) mass is 2140 g/mol. The molecule has 17 aromatic carbocycles. The summed E-state index contributed by atoms with van der Waals surface area (Å²) in [4.78, 5) is 37.4. The smallest absolute Gasteiger partial charge is 0.576 e. The van der Waals surface area contributed by atoms with Crippen molar-refractivity contribution < 1.29 is 50.5 Å². The predicted octanol–water partition coefficient (Wildman–Crippen LogP) is 31.3. The van der Waals surface area contributed by atoms with Crippen LogP contribution in [0.4, 0.5) is 42.9 Å². The summed E-state index contributed by atoms with van der Waals surface area (Å²) in [7, 11) is 9.43. The van der Waals surface area contributed by atoms with Crippen molar-refractivity contribution in [2.45, 2.75) is 53.1 Å². The van der Waals surface area contributed by atoms with Crippen molar-refractivity contribution >= 4 is 169 Å². The average Bonchev–Trinajstić information content (AvgIpc) is 0.749. The van der Waals surface area contributed by atoms with E-state index in [2.05, 4.69) is 352 Å². The minimum Gasteiger partial charge on any atom is -0.576 e. The second-order valence-electron chi connectivity index (χ2n) is 34.0. The Labute approximate surface area is 873 Å². The minimum absolute atomic E-state index is 0. The number of para-hydroxylation sites is 7. The number of pyridine rings is 5. The van der Waals surface area contributed by atoms with Crippen molar-refractivity contribution in [3.8, 4) is 73.1 Å². The molecule has 0 aliphatic rings. The summed E-state index contributed by atoms with van der Waals surface area (Å²) in [5.41, 5.74) is 24.2. The first-order valence-corrected chi connectivity index (χ1v) is 49.9. The molecule has 0 saturated heterocycles. The van der Waals surface area contributed by atoms with Crippen molar-refractivity contribution in [1.29, 1.82) is 0 Å². The summed E-state index contributed by atoms with van der Waals surface area (Å²) in [6, 6.07) is 149. The van der Waals surface area contributed by atoms with Crippen LogP contribution in [0.25, 0.3) is 143 Å². The molecule has 0 bridgehead atoms. The Bertz CT molecular complexity index is 7760. The Morgan fingerprint density at radius 2 is 0.699 bits per heavy atom. The molecule has 3 unspecified atom stereocenters. The van der Waals surface area contributed by atoms with Crippen LogP contribution in [-0.4, -0.2) is 87.4 Å². The molecule has 23 rings (SSSR count). The van der Waals surface area contributed by atoms with Gasteiger partial charge in [0.05, 0.1) is 51.3 Å². The van der Waals surface area contributed by atoms with Crippen LogP contribution in [-0.2, 0) is 20.1 Å². The topological polar surface area (TPSA) is 177 Å². The number of benzene rings is 17. The van der Waals surface area contributed by atoms with Gasteiger partial charge in [0.2, 0.25) is 0 Å². The Kier molecular flexibility index (Phi) is 35.7. The fourth-order valence-electron chi connectivity index (χ4n) is 17.3. The Morgan fingerprint density at radius 3 is 1.08 bits per heavy atom. The number of aromatic nitrogens is 7. The number of aliphatic hydroxyl groups is 2. The zero-order valence-electron chi connectivity index (χ0n) is 80.7. The van der Waals surface area contributed by atoms with Crippen molar-refractivity contribution in [3.63, 3.8) is 0 Å². The van der Waals surface area contributed by atoms with Crippen molar-refractivity contribution in [1.82, 2.24) is 34.9 Å². The van der Waals surface area contributed by atoms with E-state index in [1.54, 1.807) is 50.6 Å². The summed E-state index contributed by atoms with van der Waals surface area (Å²) in [6.07, 6.45) is 4.96. The number of anilines is 6. The zero-order valence-corrected chi connectivity index (χ0v) is 86.4. The first-order valence-electron chi connectivity index (χ1n) is 47.4. The number of hydrogen-bond acceptors (Lipinski definition) is 15. The molecule has 23 aromatic rings. The van der Waals surface area contributed by atoms with Crippen LogP contribution in [0, 0.1) is 31.5 Å². The molecular formula is C123H99AlB2F2IrN10O5P2-. The number of halogens is 2. The van der Waals surface area contributed by atoms with Crippen LogP contribution in [0.15, 0.2) is 460 Å². The third-order valence-corrected chi connectivity index (χ3v) is 25.0. The molecule has 146 heavy (non-hydrogen) atoms. The fraction of sp³-hybridized carbons (Fsp3) is 0.0650. The third-order valence-electron chi connectivity index (χ3n) is 23.7. The summed E-state index contributed by atoms with van der Waals surface area (Å²) in [6.45, 7) is 11.3. The van der Waals surface area contributed by atoms with E-state index >= 15 is 0 Å². The number of aryl methyl sites for hydroxylation is 2. The van der Waals surface area contributed by atoms with Crippen molar-refractivity contribution in [2.75, 3.05) is 9.80 Å². The van der Waals surface area contributed by atoms with Crippen LogP contribution >= 0.6 is 18.2 Å². The quantitative estimate of drug-likeness (QED) is 0.0338. The van der Waals surface area contributed by atoms with E-state index in [0.29, 0.717) is 40.6 Å². The maximum absolute atomic E-state index is 13.2. The molecule has 23 heteroatoms. The van der Waals surface area contributed by atoms with E-state index in [1.165, 1.54) is 79.2 Å². The van der Waals surface area contributed by atoms with E-state index in [1.807, 2.05) is 141 Å². The van der Waals surface area contributed by atoms with Gasteiger partial charge in [0.15, 0.2) is 0 Å². The molecule has 0 amide bonds. The molecule has 0 spiro atoms. The fourth-order valence-corrected chi connectivity index (χ4v) is 18.6. The molecule has 4 radical (unpaired) electrons. The third kappa shape index (κ3) is 25.5. The normalized spacial score (nSPS) is 11.1. The van der Waals surface area contributed by atoms with Gasteiger partial charge >= 0.3 is 15.1 Å². The standard InChI is InChI=1S/C44H32N2.C26H20N2.C20H11F2N2.3C9H7NO.C5H12O2.CH5BP.Al.BHNP.Ir/c1-3-17-37(18-4-1)45(43-23-11-15-35-13-7-9-21-41(35)43)39-29-25-33(26-30-39)34-27-31-40(32-28-34)46(38-19-5-2-6-20-38)44-24-12-16-36-14-8-10-22-42(36)44;1-17-15-23(19-9-5-3-6-10-19)21-13-14-22-24(20-11-7-4-8-12-20)16-18(2)28-26(22)25(21)27-17;21-15-9-5-13(6-10-15)19-20(14-7-11-16(22)12-8-14)24-18-4-2-1-3-17(18)23-19;3*11-8-5-1-3-7-4-2-6-10-9(7)8;1-4(6)3-5(2)7;1-2-3;;1-2-3;/h1-32H;3-16H,1-2H3;1-7,9-12H;3*1-6,11H;4-7H,3H2,1-2H3;3H2,1H3;;3H;/q;;-1;;;;;;+3;;/p-3. The largest absolute Gasteiger partial charge is 1.20 e. The van der Waals surface area contributed by atoms with E-state index in [-0.39, 0.29) is 43.9 Å². The number of rotatable bonds is 19. The van der Waals surface area contributed by atoms with Crippen LogP contribution in [0.5, 0.6) is 17.2 Å². The summed E-state index contributed by atoms with van der Waals surface area (Å²) >= 11 is -2.86. The number of fused-ring (bicyclic) bond motifs is 9. The molecule has 6 aromatic heterocycles. The van der Waals surface area contributed by atoms with Crippen LogP contribution in [0.3, 0.4) is 0 Å². The molecule has 714 valence electrons. The van der Waals surface area contributed by atoms with Crippen molar-refractivity contribution in [3.05, 3.63) is 484 Å². The van der Waals surface area contributed by atoms with Gasteiger partial charge < -0.3 is 36.0 Å². The van der Waals surface area contributed by atoms with Crippen LogP contribution < -0.4 is 21.2 Å². The Balaban J connectivity index is 0.000000137. The second-order valence-corrected chi connectivity index (χ2v) is 36.2. The van der Waals surface area contributed by atoms with E-state index in [0.717, 1.165) is 117 Å². The molecule has 3 atom stereocenters. The van der Waals surface area contributed by atoms with E-state index in [4.69, 9.17) is 31.5 Å². The second kappa shape index (κ2) is 50.5. The molecule has 0 saturated carbocycles. The molecule has 6 heterocycles. The first-order chi connectivity index (χ1) is 71.0. The average molecular weight is 2140 g/mol. The number of hydrogen-bond donors (Lipinski definition) is 2. The molecule has 0 aliphatic carbocycles. The molecular weight excluding hydrogens is 2040 g/mol. The van der Waals surface area contributed by atoms with Gasteiger partial charge in [0.25, 0.3) is 7.98 Å². The first kappa shape index (κ1) is 103. The molecule has 2 N–H and O–H groups in total.